The van der Waals surface area contributed by atoms with E-state index in [1.54, 1.807) is 0 Å². The summed E-state index contributed by atoms with van der Waals surface area (Å²) in [6.07, 6.45) is 6.51. The fraction of sp³-hybridized carbons (Fsp3) is 0.478. The molecule has 1 unspecified atom stereocenters. The van der Waals surface area contributed by atoms with Crippen LogP contribution in [-0.2, 0) is 23.1 Å². The van der Waals surface area contributed by atoms with Crippen molar-refractivity contribution >= 4 is 5.78 Å². The summed E-state index contributed by atoms with van der Waals surface area (Å²) in [4.78, 5) is 13.3. The molecule has 2 aromatic rings. The molecule has 1 spiro atoms. The molecule has 1 heterocycles. The Balaban J connectivity index is 0.000000814. The topological polar surface area (TPSA) is 45.8 Å². The third-order valence-electron chi connectivity index (χ3n) is 6.20. The molecule has 136 valence electrons. The third-order valence-corrected chi connectivity index (χ3v) is 6.20. The summed E-state index contributed by atoms with van der Waals surface area (Å²) >= 11 is 0. The number of benzene rings is 1. The first-order chi connectivity index (χ1) is 12.5. The van der Waals surface area contributed by atoms with E-state index in [0.717, 1.165) is 31.3 Å². The number of ketones is 1. The zero-order chi connectivity index (χ0) is 18.5. The number of nitrogens with zero attached hydrogens (tertiary/aromatic N) is 1. The first kappa shape index (κ1) is 17.3. The number of aryl methyl sites for hydroxylation is 1. The molecular weight excluding hydrogens is 320 g/mol. The predicted molar refractivity (Wildman–Crippen MR) is 104 cm³/mol. The van der Waals surface area contributed by atoms with Crippen LogP contribution in [-0.4, -0.2) is 16.0 Å². The van der Waals surface area contributed by atoms with Gasteiger partial charge in [0.2, 0.25) is 0 Å². The molecule has 0 amide bonds. The van der Waals surface area contributed by atoms with E-state index >= 15 is 0 Å². The standard InChI is InChI=1S/C21H22N2O.C2H6/c1-20(2)10-14-9-17-16(12-22-23-17)21(19(14)18(24)11-20)8-7-13-5-3-4-6-15(13)21;1-2/h3-6,12H,7-11H2,1-2H3,(H,22,23);1-2H3. The third kappa shape index (κ3) is 2.26. The van der Waals surface area contributed by atoms with Gasteiger partial charge in [0.25, 0.3) is 0 Å². The van der Waals surface area contributed by atoms with E-state index in [2.05, 4.69) is 48.3 Å². The van der Waals surface area contributed by atoms with Crippen LogP contribution in [0.25, 0.3) is 0 Å². The van der Waals surface area contributed by atoms with Crippen LogP contribution in [0.5, 0.6) is 0 Å². The van der Waals surface area contributed by atoms with Crippen LogP contribution in [0.15, 0.2) is 41.6 Å². The van der Waals surface area contributed by atoms with Crippen molar-refractivity contribution in [1.82, 2.24) is 10.2 Å². The molecule has 0 aliphatic heterocycles. The van der Waals surface area contributed by atoms with E-state index in [0.29, 0.717) is 12.2 Å². The SMILES string of the molecule is CC.CC1(C)CC(=O)C2=C(Cc3[nH]ncc3C23CCc2ccccc23)C1. The maximum absolute atomic E-state index is 13.3. The van der Waals surface area contributed by atoms with Gasteiger partial charge in [-0.3, -0.25) is 9.89 Å². The molecule has 26 heavy (non-hydrogen) atoms. The van der Waals surface area contributed by atoms with Crippen molar-refractivity contribution in [2.24, 2.45) is 5.41 Å². The number of carbonyl (C=O) groups is 1. The molecule has 0 saturated heterocycles. The summed E-state index contributed by atoms with van der Waals surface area (Å²) in [6, 6.07) is 8.66. The lowest BCUT2D eigenvalue weighted by Crippen LogP contribution is -2.41. The van der Waals surface area contributed by atoms with Gasteiger partial charge in [-0.1, -0.05) is 57.5 Å². The smallest absolute Gasteiger partial charge is 0.160 e. The zero-order valence-corrected chi connectivity index (χ0v) is 16.3. The van der Waals surface area contributed by atoms with Crippen LogP contribution in [0.4, 0.5) is 0 Å². The van der Waals surface area contributed by atoms with E-state index in [4.69, 9.17) is 0 Å². The van der Waals surface area contributed by atoms with E-state index in [-0.39, 0.29) is 10.8 Å². The van der Waals surface area contributed by atoms with Gasteiger partial charge >= 0.3 is 0 Å². The molecule has 0 fully saturated rings. The fourth-order valence-electron chi connectivity index (χ4n) is 5.45. The van der Waals surface area contributed by atoms with Gasteiger partial charge in [0, 0.05) is 29.7 Å². The van der Waals surface area contributed by atoms with Crippen LogP contribution in [0.3, 0.4) is 0 Å². The highest BCUT2D eigenvalue weighted by molar-refractivity contribution is 6.02. The highest BCUT2D eigenvalue weighted by atomic mass is 16.1. The summed E-state index contributed by atoms with van der Waals surface area (Å²) in [5.74, 6) is 0.352. The number of rotatable bonds is 0. The Kier molecular flexibility index (Phi) is 3.94. The Morgan fingerprint density at radius 1 is 1.08 bits per heavy atom. The summed E-state index contributed by atoms with van der Waals surface area (Å²) in [7, 11) is 0. The lowest BCUT2D eigenvalue weighted by Gasteiger charge is -2.43. The maximum atomic E-state index is 13.3. The molecule has 0 saturated carbocycles. The molecule has 0 bridgehead atoms. The number of carbonyl (C=O) groups excluding carboxylic acids is 1. The second-order valence-corrected chi connectivity index (χ2v) is 8.42. The monoisotopic (exact) mass is 348 g/mol. The first-order valence-corrected chi connectivity index (χ1v) is 9.88. The van der Waals surface area contributed by atoms with Gasteiger partial charge in [0.1, 0.15) is 0 Å². The Labute approximate surface area is 155 Å². The number of aromatic amines is 1. The molecular formula is C23H28N2O. The van der Waals surface area contributed by atoms with E-state index in [9.17, 15) is 4.79 Å². The van der Waals surface area contributed by atoms with Gasteiger partial charge in [0.15, 0.2) is 5.78 Å². The second-order valence-electron chi connectivity index (χ2n) is 8.42. The maximum Gasteiger partial charge on any atom is 0.160 e. The summed E-state index contributed by atoms with van der Waals surface area (Å²) < 4.78 is 0. The van der Waals surface area contributed by atoms with Crippen LogP contribution in [0.2, 0.25) is 0 Å². The molecule has 1 atom stereocenters. The van der Waals surface area contributed by atoms with Crippen molar-refractivity contribution in [2.45, 2.75) is 65.2 Å². The molecule has 0 radical (unpaired) electrons. The quantitative estimate of drug-likeness (QED) is 0.735. The summed E-state index contributed by atoms with van der Waals surface area (Å²) in [5, 5.41) is 7.57. The minimum Gasteiger partial charge on any atom is -0.294 e. The van der Waals surface area contributed by atoms with E-state index < -0.39 is 0 Å². The van der Waals surface area contributed by atoms with Crippen molar-refractivity contribution in [3.63, 3.8) is 0 Å². The molecule has 1 aromatic carbocycles. The molecule has 3 nitrogen and oxygen atoms in total. The van der Waals surface area contributed by atoms with Crippen molar-refractivity contribution in [1.29, 1.82) is 0 Å². The van der Waals surface area contributed by atoms with E-state index in [1.807, 2.05) is 20.0 Å². The minimum absolute atomic E-state index is 0.0623. The molecule has 3 aliphatic carbocycles. The Morgan fingerprint density at radius 2 is 1.85 bits per heavy atom. The fourth-order valence-corrected chi connectivity index (χ4v) is 5.45. The highest BCUT2D eigenvalue weighted by Crippen LogP contribution is 2.56. The largest absolute Gasteiger partial charge is 0.294 e. The van der Waals surface area contributed by atoms with Crippen LogP contribution >= 0.6 is 0 Å². The number of fused-ring (bicyclic) bond motifs is 5. The minimum atomic E-state index is -0.264. The Hall–Kier alpha value is -2.16. The van der Waals surface area contributed by atoms with Crippen molar-refractivity contribution in [2.75, 3.05) is 0 Å². The number of aromatic nitrogens is 2. The summed E-state index contributed by atoms with van der Waals surface area (Å²) in [5.41, 5.74) is 7.39. The number of hydrogen-bond donors (Lipinski definition) is 1. The Morgan fingerprint density at radius 3 is 2.65 bits per heavy atom. The van der Waals surface area contributed by atoms with Crippen LogP contribution < -0.4 is 0 Å². The van der Waals surface area contributed by atoms with Gasteiger partial charge in [-0.25, -0.2) is 0 Å². The van der Waals surface area contributed by atoms with Crippen LogP contribution in [0.1, 0.15) is 69.3 Å². The van der Waals surface area contributed by atoms with Gasteiger partial charge in [-0.05, 0) is 35.8 Å². The van der Waals surface area contributed by atoms with Crippen molar-refractivity contribution in [3.8, 4) is 0 Å². The van der Waals surface area contributed by atoms with Gasteiger partial charge in [0.05, 0.1) is 11.6 Å². The molecule has 3 aliphatic rings. The number of hydrogen-bond acceptors (Lipinski definition) is 2. The number of H-pyrrole nitrogens is 1. The van der Waals surface area contributed by atoms with Crippen molar-refractivity contribution < 1.29 is 4.79 Å². The molecule has 3 heteroatoms. The number of allylic oxidation sites excluding steroid dienone is 2. The Bertz CT molecular complexity index is 902. The number of nitrogens with one attached hydrogen (secondary N) is 1. The highest BCUT2D eigenvalue weighted by Gasteiger charge is 2.52. The average Bonchev–Trinajstić information content (AvgIpc) is 3.22. The van der Waals surface area contributed by atoms with E-state index in [1.165, 1.54) is 28.0 Å². The van der Waals surface area contributed by atoms with Crippen LogP contribution in [0, 0.1) is 5.41 Å². The first-order valence-electron chi connectivity index (χ1n) is 9.88. The predicted octanol–water partition coefficient (Wildman–Crippen LogP) is 4.91. The molecule has 5 rings (SSSR count). The molecule has 1 N–H and O–H groups in total. The van der Waals surface area contributed by atoms with Crippen molar-refractivity contribution in [3.05, 3.63) is 64.0 Å². The zero-order valence-electron chi connectivity index (χ0n) is 16.3. The average molecular weight is 348 g/mol. The lowest BCUT2D eigenvalue weighted by atomic mass is 9.58. The van der Waals surface area contributed by atoms with Gasteiger partial charge < -0.3 is 0 Å². The lowest BCUT2D eigenvalue weighted by molar-refractivity contribution is -0.118. The van der Waals surface area contributed by atoms with Gasteiger partial charge in [-0.15, -0.1) is 0 Å². The number of Topliss-reactive ketones (excluding diaryl/α,β-unsaturated/α-hetero) is 1. The summed E-state index contributed by atoms with van der Waals surface area (Å²) in [6.45, 7) is 8.43. The van der Waals surface area contributed by atoms with Gasteiger partial charge in [-0.2, -0.15) is 5.10 Å². The molecule has 1 aromatic heterocycles. The normalized spacial score (nSPS) is 25.3. The second kappa shape index (κ2) is 5.94.